The van der Waals surface area contributed by atoms with Crippen molar-refractivity contribution in [3.05, 3.63) is 246 Å². The molecule has 0 spiro atoms. The van der Waals surface area contributed by atoms with Crippen LogP contribution in [0.15, 0.2) is 207 Å². The number of imidazole rings is 1. The van der Waals surface area contributed by atoms with Gasteiger partial charge in [-0.3, -0.25) is 13.9 Å². The molecule has 0 saturated heterocycles. The highest BCUT2D eigenvalue weighted by Crippen LogP contribution is 2.41. The maximum Gasteiger partial charge on any atom is 0.254 e. The fourth-order valence-electron chi connectivity index (χ4n) is 7.84. The van der Waals surface area contributed by atoms with Gasteiger partial charge in [-0.1, -0.05) is 158 Å². The first-order valence-electron chi connectivity index (χ1n) is 19.0. The van der Waals surface area contributed by atoms with Crippen LogP contribution in [0.25, 0.3) is 28.0 Å². The highest BCUT2D eigenvalue weighted by molar-refractivity contribution is 5.95. The Morgan fingerprint density at radius 2 is 1.18 bits per heavy atom. The van der Waals surface area contributed by atoms with E-state index < -0.39 is 17.3 Å². The SMILES string of the molecule is O=C(NC(Cc1ccccc1)c1ccccc1)c1ccc(-c2cnc3ccc(-c4cnn(C(c5ccccc5)(c5ccccc5)c5ccccc5)c4)cn23)cc1F. The molecule has 7 heteroatoms. The quantitative estimate of drug-likeness (QED) is 0.134. The van der Waals surface area contributed by atoms with E-state index in [1.807, 2.05) is 112 Å². The van der Waals surface area contributed by atoms with Gasteiger partial charge in [-0.15, -0.1) is 0 Å². The summed E-state index contributed by atoms with van der Waals surface area (Å²) in [6, 6.07) is 59.4. The van der Waals surface area contributed by atoms with Crippen LogP contribution < -0.4 is 5.32 Å². The Labute approximate surface area is 330 Å². The summed E-state index contributed by atoms with van der Waals surface area (Å²) < 4.78 is 19.9. The second-order valence-electron chi connectivity index (χ2n) is 14.1. The van der Waals surface area contributed by atoms with E-state index in [1.165, 1.54) is 6.07 Å². The summed E-state index contributed by atoms with van der Waals surface area (Å²) in [5.41, 5.74) is 8.32. The van der Waals surface area contributed by atoms with Gasteiger partial charge in [-0.2, -0.15) is 5.10 Å². The molecule has 0 fully saturated rings. The molecule has 0 aliphatic carbocycles. The van der Waals surface area contributed by atoms with Gasteiger partial charge in [0.15, 0.2) is 0 Å². The lowest BCUT2D eigenvalue weighted by Crippen LogP contribution is -2.38. The molecule has 3 aromatic heterocycles. The second-order valence-corrected chi connectivity index (χ2v) is 14.1. The zero-order valence-electron chi connectivity index (χ0n) is 31.0. The highest BCUT2D eigenvalue weighted by atomic mass is 19.1. The Kier molecular flexibility index (Phi) is 9.54. The maximum absolute atomic E-state index is 15.9. The number of halogens is 1. The molecule has 0 aliphatic rings. The van der Waals surface area contributed by atoms with Gasteiger partial charge in [0, 0.05) is 29.1 Å². The number of pyridine rings is 1. The minimum absolute atomic E-state index is 0.0200. The average molecular weight is 744 g/mol. The predicted octanol–water partition coefficient (Wildman–Crippen LogP) is 10.6. The molecule has 0 radical (unpaired) electrons. The fraction of sp³-hybridized carbons (Fsp3) is 0.0600. The van der Waals surface area contributed by atoms with Crippen LogP contribution in [0.4, 0.5) is 4.39 Å². The molecule has 6 nitrogen and oxygen atoms in total. The third-order valence-electron chi connectivity index (χ3n) is 10.6. The average Bonchev–Trinajstić information content (AvgIpc) is 3.94. The van der Waals surface area contributed by atoms with Crippen molar-refractivity contribution in [3.63, 3.8) is 0 Å². The van der Waals surface area contributed by atoms with Gasteiger partial charge in [0.2, 0.25) is 0 Å². The van der Waals surface area contributed by atoms with Crippen molar-refractivity contribution in [2.24, 2.45) is 0 Å². The van der Waals surface area contributed by atoms with Crippen molar-refractivity contribution in [2.45, 2.75) is 18.0 Å². The van der Waals surface area contributed by atoms with Crippen molar-refractivity contribution in [2.75, 3.05) is 0 Å². The third-order valence-corrected chi connectivity index (χ3v) is 10.6. The van der Waals surface area contributed by atoms with Crippen molar-refractivity contribution in [3.8, 4) is 22.4 Å². The molecule has 1 N–H and O–H groups in total. The number of benzene rings is 6. The van der Waals surface area contributed by atoms with Crippen LogP contribution in [-0.2, 0) is 12.0 Å². The van der Waals surface area contributed by atoms with E-state index in [-0.39, 0.29) is 11.6 Å². The molecular weight excluding hydrogens is 706 g/mol. The number of nitrogens with one attached hydrogen (secondary N) is 1. The van der Waals surface area contributed by atoms with Gasteiger partial charge < -0.3 is 5.32 Å². The van der Waals surface area contributed by atoms with Gasteiger partial charge in [0.05, 0.1) is 29.7 Å². The molecule has 9 rings (SSSR count). The number of amides is 1. The van der Waals surface area contributed by atoms with Crippen molar-refractivity contribution in [1.29, 1.82) is 0 Å². The van der Waals surface area contributed by atoms with E-state index in [2.05, 4.69) is 89.3 Å². The van der Waals surface area contributed by atoms with E-state index in [4.69, 9.17) is 5.10 Å². The monoisotopic (exact) mass is 743 g/mol. The Bertz CT molecular complexity index is 2670. The molecular formula is C50H38FN5O. The van der Waals surface area contributed by atoms with Gasteiger partial charge in [0.1, 0.15) is 17.0 Å². The molecule has 3 heterocycles. The Morgan fingerprint density at radius 1 is 0.614 bits per heavy atom. The van der Waals surface area contributed by atoms with E-state index in [9.17, 15) is 4.79 Å². The minimum Gasteiger partial charge on any atom is -0.345 e. The summed E-state index contributed by atoms with van der Waals surface area (Å²) in [6.07, 6.45) is 8.27. The summed E-state index contributed by atoms with van der Waals surface area (Å²) in [6.45, 7) is 0. The van der Waals surface area contributed by atoms with Crippen molar-refractivity contribution >= 4 is 11.6 Å². The van der Waals surface area contributed by atoms with Gasteiger partial charge in [-0.25, -0.2) is 9.37 Å². The number of fused-ring (bicyclic) bond motifs is 1. The molecule has 0 bridgehead atoms. The number of hydrogen-bond acceptors (Lipinski definition) is 3. The van der Waals surface area contributed by atoms with Gasteiger partial charge in [-0.05, 0) is 58.5 Å². The van der Waals surface area contributed by atoms with E-state index in [0.717, 1.165) is 38.9 Å². The largest absolute Gasteiger partial charge is 0.345 e. The van der Waals surface area contributed by atoms with Crippen LogP contribution in [0, 0.1) is 5.82 Å². The minimum atomic E-state index is -0.749. The Morgan fingerprint density at radius 3 is 1.77 bits per heavy atom. The number of aromatic nitrogens is 4. The van der Waals surface area contributed by atoms with Crippen LogP contribution in [0.3, 0.4) is 0 Å². The summed E-state index contributed by atoms with van der Waals surface area (Å²) in [5, 5.41) is 8.14. The topological polar surface area (TPSA) is 64.2 Å². The van der Waals surface area contributed by atoms with E-state index in [0.29, 0.717) is 23.3 Å². The third kappa shape index (κ3) is 6.80. The van der Waals surface area contributed by atoms with Crippen LogP contribution >= 0.6 is 0 Å². The normalized spacial score (nSPS) is 12.0. The molecule has 1 unspecified atom stereocenters. The van der Waals surface area contributed by atoms with Crippen LogP contribution in [0.2, 0.25) is 0 Å². The predicted molar refractivity (Wildman–Crippen MR) is 223 cm³/mol. The highest BCUT2D eigenvalue weighted by Gasteiger charge is 2.39. The lowest BCUT2D eigenvalue weighted by Gasteiger charge is -2.36. The van der Waals surface area contributed by atoms with Gasteiger partial charge >= 0.3 is 0 Å². The summed E-state index contributed by atoms with van der Waals surface area (Å²) in [5.74, 6) is -1.08. The maximum atomic E-state index is 15.9. The van der Waals surface area contributed by atoms with Crippen LogP contribution in [0.5, 0.6) is 0 Å². The first-order valence-corrected chi connectivity index (χ1v) is 19.0. The first kappa shape index (κ1) is 35.3. The molecule has 0 saturated carbocycles. The zero-order chi connectivity index (χ0) is 38.6. The first-order chi connectivity index (χ1) is 28.1. The number of rotatable bonds is 11. The molecule has 0 aliphatic heterocycles. The van der Waals surface area contributed by atoms with E-state index >= 15 is 4.39 Å². The molecule has 6 aromatic carbocycles. The van der Waals surface area contributed by atoms with Crippen molar-refractivity contribution in [1.82, 2.24) is 24.5 Å². The number of nitrogens with zero attached hydrogens (tertiary/aromatic N) is 4. The summed E-state index contributed by atoms with van der Waals surface area (Å²) >= 11 is 0. The molecule has 57 heavy (non-hydrogen) atoms. The Balaban J connectivity index is 1.05. The molecule has 9 aromatic rings. The second kappa shape index (κ2) is 15.4. The van der Waals surface area contributed by atoms with Crippen LogP contribution in [0.1, 0.15) is 44.2 Å². The smallest absolute Gasteiger partial charge is 0.254 e. The van der Waals surface area contributed by atoms with Crippen LogP contribution in [-0.4, -0.2) is 25.1 Å². The number of carbonyl (C=O) groups is 1. The molecule has 276 valence electrons. The van der Waals surface area contributed by atoms with Crippen molar-refractivity contribution < 1.29 is 9.18 Å². The lowest BCUT2D eigenvalue weighted by molar-refractivity contribution is 0.0932. The zero-order valence-corrected chi connectivity index (χ0v) is 31.0. The number of hydrogen-bond donors (Lipinski definition) is 1. The molecule has 1 amide bonds. The van der Waals surface area contributed by atoms with Gasteiger partial charge in [0.25, 0.3) is 5.91 Å². The lowest BCUT2D eigenvalue weighted by atomic mass is 9.77. The standard InChI is InChI=1S/C50H38FN5O/c51-45-31-38(26-28-44(45)49(57)54-46(37-18-8-2-9-19-37)30-36-16-6-1-7-17-36)47-33-52-48-29-27-39(34-55(47)48)40-32-53-56(35-40)50(41-20-10-3-11-21-41,42-22-12-4-13-23-42)43-24-14-5-15-25-43/h1-29,31-35,46H,30H2,(H,54,57). The van der Waals surface area contributed by atoms with E-state index in [1.54, 1.807) is 18.3 Å². The molecule has 1 atom stereocenters. The fourth-order valence-corrected chi connectivity index (χ4v) is 7.84. The summed E-state index contributed by atoms with van der Waals surface area (Å²) in [7, 11) is 0. The number of carbonyl (C=O) groups excluding carboxylic acids is 1. The summed E-state index contributed by atoms with van der Waals surface area (Å²) in [4.78, 5) is 18.3. The Hall–Kier alpha value is -7.38.